The lowest BCUT2D eigenvalue weighted by atomic mass is 9.85. The number of furan rings is 1. The van der Waals surface area contributed by atoms with Gasteiger partial charge in [-0.3, -0.25) is 0 Å². The van der Waals surface area contributed by atoms with E-state index in [1.807, 2.05) is 0 Å². The third-order valence-electron chi connectivity index (χ3n) is 7.23. The summed E-state index contributed by atoms with van der Waals surface area (Å²) in [6, 6.07) is -21.6. The molecule has 8 aromatic carbocycles. The molecule has 44 heavy (non-hydrogen) atoms. The molecule has 0 radical (unpaired) electrons. The second-order valence-electron chi connectivity index (χ2n) is 9.64. The molecule has 9 rings (SSSR count). The van der Waals surface area contributed by atoms with E-state index >= 15 is 0 Å². The molecular formula is C43H28O. The van der Waals surface area contributed by atoms with Crippen molar-refractivity contribution in [3.05, 3.63) is 168 Å². The second kappa shape index (κ2) is 9.97. The van der Waals surface area contributed by atoms with E-state index in [1.54, 1.807) is 0 Å². The van der Waals surface area contributed by atoms with E-state index in [0.29, 0.717) is 0 Å². The van der Waals surface area contributed by atoms with Gasteiger partial charge in [0.25, 0.3) is 0 Å². The van der Waals surface area contributed by atoms with Crippen LogP contribution in [-0.4, -0.2) is 0 Å². The highest BCUT2D eigenvalue weighted by atomic mass is 16.3. The van der Waals surface area contributed by atoms with E-state index in [-0.39, 0.29) is 11.1 Å². The summed E-state index contributed by atoms with van der Waals surface area (Å²) in [6.45, 7) is 0. The Bertz CT molecular complexity index is 3870. The van der Waals surface area contributed by atoms with Crippen LogP contribution in [-0.2, 0) is 6.42 Å². The highest BCUT2D eigenvalue weighted by molar-refractivity contribution is 6.16. The van der Waals surface area contributed by atoms with Gasteiger partial charge < -0.3 is 4.42 Å². The first-order chi connectivity index (χ1) is 32.6. The van der Waals surface area contributed by atoms with Gasteiger partial charge in [0.15, 0.2) is 0 Å². The van der Waals surface area contributed by atoms with Crippen molar-refractivity contribution in [1.82, 2.24) is 0 Å². The van der Waals surface area contributed by atoms with Crippen LogP contribution in [0, 0.1) is 0 Å². The van der Waals surface area contributed by atoms with Gasteiger partial charge in [0.05, 0.1) is 35.6 Å². The van der Waals surface area contributed by atoms with Crippen LogP contribution < -0.4 is 0 Å². The molecular weight excluding hydrogens is 532 g/mol. The van der Waals surface area contributed by atoms with Crippen molar-refractivity contribution in [2.24, 2.45) is 0 Å². The van der Waals surface area contributed by atoms with Gasteiger partial charge >= 0.3 is 0 Å². The summed E-state index contributed by atoms with van der Waals surface area (Å²) >= 11 is 0. The smallest absolute Gasteiger partial charge is 0.136 e. The SMILES string of the molecule is [2H]c1c([2H])c([2H])c(-c2c([2H])c([2H])c3oc4c([2H])c(-c5c6c([2H])c([2H])c([2H])c([2H])c6c(Cc6c([2H])c([2H])c([2H])c7c([2H])c([2H])c([2H])c([2H])c67)c6c([2H])c([2H])c([2H])c([2H])c56)c([2H])c([2H])c4c3c2[2H])c([2H])c1[2H]. The standard InChI is InChI=1S/C43H28O/c1-2-11-28(12-3-1)30-22-24-41-40(25-30)36-23-21-32(27-42(36)44-41)43-37-19-8-6-17-34(37)39(35-18-7-9-20-38(35)43)26-31-15-10-14-29-13-4-5-16-33(29)31/h1-25,27H,26H2/i1D,2D,3D,4D,5D,6D,7D,8D,9D,10D,11D,12D,13D,14D,15D,16D,17D,18D,19D,20D,21D,22D,23D,24D,25D,27D. The number of hydrogen-bond acceptors (Lipinski definition) is 1. The van der Waals surface area contributed by atoms with E-state index in [0.717, 1.165) is 0 Å². The highest BCUT2D eigenvalue weighted by Crippen LogP contribution is 2.42. The van der Waals surface area contributed by atoms with E-state index in [4.69, 9.17) is 29.1 Å². The number of benzene rings is 8. The average Bonchev–Trinajstić information content (AvgIpc) is 3.75. The Morgan fingerprint density at radius 2 is 1.05 bits per heavy atom. The van der Waals surface area contributed by atoms with Crippen molar-refractivity contribution in [2.75, 3.05) is 0 Å². The Morgan fingerprint density at radius 3 is 1.82 bits per heavy atom. The lowest BCUT2D eigenvalue weighted by Crippen LogP contribution is -1.96. The molecule has 0 bridgehead atoms. The third-order valence-corrected chi connectivity index (χ3v) is 7.23. The summed E-state index contributed by atoms with van der Waals surface area (Å²) in [5.74, 6) is 0. The van der Waals surface area contributed by atoms with Crippen molar-refractivity contribution in [2.45, 2.75) is 6.42 Å². The first kappa shape index (κ1) is 10.2. The fourth-order valence-electron chi connectivity index (χ4n) is 5.32. The highest BCUT2D eigenvalue weighted by Gasteiger charge is 2.18. The second-order valence-corrected chi connectivity index (χ2v) is 9.64. The monoisotopic (exact) mass is 586 g/mol. The Balaban J connectivity index is 1.50. The average molecular weight is 587 g/mol. The minimum atomic E-state index is -0.944. The first-order valence-electron chi connectivity index (χ1n) is 26.1. The van der Waals surface area contributed by atoms with Crippen LogP contribution in [0.2, 0.25) is 0 Å². The van der Waals surface area contributed by atoms with Gasteiger partial charge in [-0.15, -0.1) is 0 Å². The molecule has 0 saturated heterocycles. The number of fused-ring (bicyclic) bond motifs is 6. The van der Waals surface area contributed by atoms with E-state index in [9.17, 15) is 11.0 Å². The Hall–Kier alpha value is -5.66. The molecule has 1 aromatic heterocycles. The summed E-state index contributed by atoms with van der Waals surface area (Å²) in [6.07, 6.45) is -0.820. The molecule has 0 aliphatic heterocycles. The van der Waals surface area contributed by atoms with Crippen LogP contribution >= 0.6 is 0 Å². The summed E-state index contributed by atoms with van der Waals surface area (Å²) < 4.78 is 236. The quantitative estimate of drug-likeness (QED) is 0.187. The maximum atomic E-state index is 9.66. The summed E-state index contributed by atoms with van der Waals surface area (Å²) in [5, 5.41) is -4.09. The van der Waals surface area contributed by atoms with Crippen molar-refractivity contribution < 1.29 is 40.1 Å². The van der Waals surface area contributed by atoms with Crippen LogP contribution in [0.15, 0.2) is 162 Å². The molecule has 0 spiro atoms. The van der Waals surface area contributed by atoms with Crippen LogP contribution in [0.3, 0.4) is 0 Å². The zero-order chi connectivity index (χ0) is 51.7. The molecule has 0 N–H and O–H groups in total. The summed E-state index contributed by atoms with van der Waals surface area (Å²) in [7, 11) is 0. The lowest BCUT2D eigenvalue weighted by Gasteiger charge is -2.18. The lowest BCUT2D eigenvalue weighted by molar-refractivity contribution is 0.669. The van der Waals surface area contributed by atoms with E-state index < -0.39 is 240 Å². The predicted octanol–water partition coefficient (Wildman–Crippen LogP) is 12.0. The van der Waals surface area contributed by atoms with Crippen molar-refractivity contribution in [3.8, 4) is 22.3 Å². The van der Waals surface area contributed by atoms with Gasteiger partial charge in [-0.25, -0.2) is 0 Å². The van der Waals surface area contributed by atoms with E-state index in [2.05, 4.69) is 0 Å². The molecule has 1 nitrogen and oxygen atoms in total. The van der Waals surface area contributed by atoms with Gasteiger partial charge in [-0.2, -0.15) is 0 Å². The predicted molar refractivity (Wildman–Crippen MR) is 186 cm³/mol. The summed E-state index contributed by atoms with van der Waals surface area (Å²) in [5.41, 5.74) is -4.60. The first-order valence-corrected chi connectivity index (χ1v) is 13.1. The Morgan fingerprint density at radius 1 is 0.409 bits per heavy atom. The molecule has 0 unspecified atom stereocenters. The van der Waals surface area contributed by atoms with Crippen LogP contribution in [0.1, 0.15) is 46.8 Å². The zero-order valence-electron chi connectivity index (χ0n) is 48.1. The van der Waals surface area contributed by atoms with Gasteiger partial charge in [-0.05, 0) is 96.3 Å². The molecule has 1 heterocycles. The minimum Gasteiger partial charge on any atom is -0.456 e. The van der Waals surface area contributed by atoms with Crippen molar-refractivity contribution in [1.29, 1.82) is 0 Å². The molecule has 0 amide bonds. The molecule has 0 aliphatic rings. The molecule has 0 fully saturated rings. The van der Waals surface area contributed by atoms with Crippen LogP contribution in [0.25, 0.3) is 76.5 Å². The normalized spacial score (nSPS) is 20.0. The van der Waals surface area contributed by atoms with E-state index in [1.165, 1.54) is 0 Å². The molecule has 9 aromatic rings. The topological polar surface area (TPSA) is 13.1 Å². The Kier molecular flexibility index (Phi) is 2.31. The van der Waals surface area contributed by atoms with Gasteiger partial charge in [0.2, 0.25) is 0 Å². The maximum Gasteiger partial charge on any atom is 0.136 e. The Labute approximate surface area is 292 Å². The van der Waals surface area contributed by atoms with Crippen LogP contribution in [0.5, 0.6) is 0 Å². The van der Waals surface area contributed by atoms with Gasteiger partial charge in [-0.1, -0.05) is 133 Å². The third kappa shape index (κ3) is 3.94. The molecule has 1 heteroatoms. The largest absolute Gasteiger partial charge is 0.456 e. The molecule has 0 atom stereocenters. The van der Waals surface area contributed by atoms with Gasteiger partial charge in [0, 0.05) is 10.8 Å². The number of rotatable bonds is 4. The van der Waals surface area contributed by atoms with Crippen LogP contribution in [0.4, 0.5) is 0 Å². The molecule has 206 valence electrons. The fraction of sp³-hybridized carbons (Fsp3) is 0.0233. The summed E-state index contributed by atoms with van der Waals surface area (Å²) in [4.78, 5) is 0. The maximum absolute atomic E-state index is 9.66. The minimum absolute atomic E-state index is 0.373. The zero-order valence-corrected chi connectivity index (χ0v) is 22.1. The fourth-order valence-corrected chi connectivity index (χ4v) is 5.32. The van der Waals surface area contributed by atoms with Gasteiger partial charge in [0.1, 0.15) is 11.2 Å². The number of hydrogen-bond donors (Lipinski definition) is 0. The van der Waals surface area contributed by atoms with Crippen molar-refractivity contribution >= 4 is 54.3 Å². The van der Waals surface area contributed by atoms with Crippen molar-refractivity contribution in [3.63, 3.8) is 0 Å². The molecule has 0 saturated carbocycles. The molecule has 0 aliphatic carbocycles.